The Morgan fingerprint density at radius 2 is 1.92 bits per heavy atom. The number of ether oxygens (including phenoxy) is 2. The molecular weight excluding hydrogens is 480 g/mol. The number of nitrogens with zero attached hydrogens (tertiary/aromatic N) is 1. The van der Waals surface area contributed by atoms with Gasteiger partial charge in [0.25, 0.3) is 5.91 Å². The third-order valence-electron chi connectivity index (χ3n) is 6.74. The first-order chi connectivity index (χ1) is 17.3. The summed E-state index contributed by atoms with van der Waals surface area (Å²) in [5.74, 6) is -1.77. The van der Waals surface area contributed by atoms with Gasteiger partial charge in [-0.1, -0.05) is 32.0 Å². The molecule has 4 rings (SSSR count). The van der Waals surface area contributed by atoms with Crippen LogP contribution in [0.5, 0.6) is 0 Å². The van der Waals surface area contributed by atoms with E-state index in [2.05, 4.69) is 19.2 Å². The summed E-state index contributed by atoms with van der Waals surface area (Å²) in [6, 6.07) is 7.74. The Bertz CT molecular complexity index is 1150. The molecule has 1 saturated carbocycles. The van der Waals surface area contributed by atoms with Gasteiger partial charge in [-0.2, -0.15) is 0 Å². The molecule has 1 aromatic carbocycles. The van der Waals surface area contributed by atoms with Crippen LogP contribution in [-0.4, -0.2) is 43.5 Å². The second-order valence-corrected chi connectivity index (χ2v) is 10.2. The van der Waals surface area contributed by atoms with Gasteiger partial charge in [-0.3, -0.25) is 14.4 Å². The van der Waals surface area contributed by atoms with Crippen molar-refractivity contribution in [3.05, 3.63) is 46.3 Å². The van der Waals surface area contributed by atoms with Crippen molar-refractivity contribution in [2.75, 3.05) is 30.0 Å². The van der Waals surface area contributed by atoms with Crippen LogP contribution in [0.15, 0.2) is 29.6 Å². The molecule has 0 radical (unpaired) electrons. The van der Waals surface area contributed by atoms with Gasteiger partial charge in [-0.05, 0) is 60.6 Å². The number of anilines is 2. The molecule has 8 nitrogen and oxygen atoms in total. The second kappa shape index (κ2) is 11.2. The van der Waals surface area contributed by atoms with Gasteiger partial charge in [-0.25, -0.2) is 4.79 Å². The van der Waals surface area contributed by atoms with Gasteiger partial charge in [0.2, 0.25) is 5.91 Å². The molecule has 2 unspecified atom stereocenters. The van der Waals surface area contributed by atoms with Gasteiger partial charge in [-0.15, -0.1) is 11.3 Å². The standard InChI is InChI=1S/C27H32N2O6S/c1-4-16(3)19-8-6-7-9-21(19)29-13-18(12-23(29)31)26(32)35-14-22(30)28-25-24(27(33)34-5-2)20(15-36-25)17-10-11-17/h6-9,15-18H,4-5,10-14H2,1-3H3,(H,28,30). The molecule has 0 spiro atoms. The smallest absolute Gasteiger partial charge is 0.341 e. The monoisotopic (exact) mass is 512 g/mol. The minimum Gasteiger partial charge on any atom is -0.462 e. The molecule has 1 aliphatic heterocycles. The average Bonchev–Trinajstić information content (AvgIpc) is 3.52. The Morgan fingerprint density at radius 1 is 1.17 bits per heavy atom. The Labute approximate surface area is 215 Å². The lowest BCUT2D eigenvalue weighted by molar-refractivity contribution is -0.151. The van der Waals surface area contributed by atoms with Crippen molar-refractivity contribution in [2.45, 2.75) is 58.3 Å². The zero-order chi connectivity index (χ0) is 25.8. The van der Waals surface area contributed by atoms with Crippen molar-refractivity contribution in [2.24, 2.45) is 5.92 Å². The van der Waals surface area contributed by atoms with E-state index < -0.39 is 30.4 Å². The SMILES string of the molecule is CCOC(=O)c1c(C2CC2)csc1NC(=O)COC(=O)C1CC(=O)N(c2ccccc2C(C)CC)C1. The van der Waals surface area contributed by atoms with Crippen molar-refractivity contribution in [1.29, 1.82) is 0 Å². The fourth-order valence-corrected chi connectivity index (χ4v) is 5.50. The minimum atomic E-state index is -0.645. The molecule has 0 bridgehead atoms. The number of esters is 2. The molecule has 36 heavy (non-hydrogen) atoms. The van der Waals surface area contributed by atoms with Crippen LogP contribution in [0, 0.1) is 5.92 Å². The van der Waals surface area contributed by atoms with Gasteiger partial charge < -0.3 is 19.7 Å². The van der Waals surface area contributed by atoms with Crippen LogP contribution in [0.2, 0.25) is 0 Å². The van der Waals surface area contributed by atoms with E-state index in [0.717, 1.165) is 36.1 Å². The third kappa shape index (κ3) is 5.61. The molecule has 1 saturated heterocycles. The second-order valence-electron chi connectivity index (χ2n) is 9.32. The summed E-state index contributed by atoms with van der Waals surface area (Å²) >= 11 is 1.27. The van der Waals surface area contributed by atoms with E-state index >= 15 is 0 Å². The Morgan fingerprint density at radius 3 is 2.61 bits per heavy atom. The highest BCUT2D eigenvalue weighted by atomic mass is 32.1. The predicted molar refractivity (Wildman–Crippen MR) is 137 cm³/mol. The normalized spacial score (nSPS) is 18.1. The highest BCUT2D eigenvalue weighted by Crippen LogP contribution is 2.46. The van der Waals surface area contributed by atoms with Crippen LogP contribution in [0.1, 0.15) is 79.8 Å². The lowest BCUT2D eigenvalue weighted by Crippen LogP contribution is -2.29. The first-order valence-corrected chi connectivity index (χ1v) is 13.4. The van der Waals surface area contributed by atoms with Crippen LogP contribution >= 0.6 is 11.3 Å². The number of rotatable bonds is 10. The number of nitrogens with one attached hydrogen (secondary N) is 1. The molecule has 192 valence electrons. The Hall–Kier alpha value is -3.20. The molecule has 1 aromatic heterocycles. The van der Waals surface area contributed by atoms with Gasteiger partial charge in [0, 0.05) is 18.7 Å². The molecule has 1 aliphatic carbocycles. The summed E-state index contributed by atoms with van der Waals surface area (Å²) in [4.78, 5) is 52.1. The fourth-order valence-electron chi connectivity index (χ4n) is 4.46. The average molecular weight is 513 g/mol. The van der Waals surface area contributed by atoms with E-state index in [-0.39, 0.29) is 31.4 Å². The zero-order valence-corrected chi connectivity index (χ0v) is 21.7. The summed E-state index contributed by atoms with van der Waals surface area (Å²) in [5.41, 5.74) is 3.18. The van der Waals surface area contributed by atoms with E-state index in [4.69, 9.17) is 9.47 Å². The molecule has 9 heteroatoms. The molecule has 2 fully saturated rings. The summed E-state index contributed by atoms with van der Waals surface area (Å²) < 4.78 is 10.4. The van der Waals surface area contributed by atoms with Crippen LogP contribution < -0.4 is 10.2 Å². The maximum absolute atomic E-state index is 12.7. The van der Waals surface area contributed by atoms with Crippen molar-refractivity contribution in [3.63, 3.8) is 0 Å². The summed E-state index contributed by atoms with van der Waals surface area (Å²) in [5, 5.41) is 4.97. The number of amides is 2. The predicted octanol–water partition coefficient (Wildman–Crippen LogP) is 4.85. The number of carbonyl (C=O) groups is 4. The lowest BCUT2D eigenvalue weighted by Gasteiger charge is -2.23. The maximum Gasteiger partial charge on any atom is 0.341 e. The molecule has 2 atom stereocenters. The lowest BCUT2D eigenvalue weighted by atomic mass is 9.96. The maximum atomic E-state index is 12.7. The number of thiophene rings is 1. The Kier molecular flexibility index (Phi) is 8.08. The van der Waals surface area contributed by atoms with Gasteiger partial charge in [0.15, 0.2) is 6.61 Å². The van der Waals surface area contributed by atoms with E-state index in [9.17, 15) is 19.2 Å². The Balaban J connectivity index is 1.36. The van der Waals surface area contributed by atoms with E-state index in [0.29, 0.717) is 16.5 Å². The summed E-state index contributed by atoms with van der Waals surface area (Å²) in [6.45, 7) is 5.90. The number of benzene rings is 1. The van der Waals surface area contributed by atoms with Gasteiger partial charge in [0.1, 0.15) is 5.00 Å². The number of para-hydroxylation sites is 1. The van der Waals surface area contributed by atoms with Crippen LogP contribution in [0.25, 0.3) is 0 Å². The van der Waals surface area contributed by atoms with Crippen molar-refractivity contribution < 1.29 is 28.7 Å². The zero-order valence-electron chi connectivity index (χ0n) is 20.9. The minimum absolute atomic E-state index is 0.0397. The first-order valence-electron chi connectivity index (χ1n) is 12.5. The molecule has 2 aromatic rings. The van der Waals surface area contributed by atoms with Crippen LogP contribution in [0.3, 0.4) is 0 Å². The van der Waals surface area contributed by atoms with Crippen LogP contribution in [0.4, 0.5) is 10.7 Å². The summed E-state index contributed by atoms with van der Waals surface area (Å²) in [7, 11) is 0. The highest BCUT2D eigenvalue weighted by molar-refractivity contribution is 7.15. The molecule has 2 amide bonds. The first kappa shape index (κ1) is 25.9. The third-order valence-corrected chi connectivity index (χ3v) is 7.66. The highest BCUT2D eigenvalue weighted by Gasteiger charge is 2.37. The number of carbonyl (C=O) groups excluding carboxylic acids is 4. The van der Waals surface area contributed by atoms with Gasteiger partial charge in [0.05, 0.1) is 18.1 Å². The van der Waals surface area contributed by atoms with E-state index in [1.807, 2.05) is 29.6 Å². The number of hydrogen-bond acceptors (Lipinski definition) is 7. The van der Waals surface area contributed by atoms with Crippen molar-refractivity contribution in [1.82, 2.24) is 0 Å². The van der Waals surface area contributed by atoms with Crippen LogP contribution in [-0.2, 0) is 23.9 Å². The quantitative estimate of drug-likeness (QED) is 0.457. The van der Waals surface area contributed by atoms with Crippen molar-refractivity contribution in [3.8, 4) is 0 Å². The van der Waals surface area contributed by atoms with E-state index in [1.54, 1.807) is 11.8 Å². The van der Waals surface area contributed by atoms with Gasteiger partial charge >= 0.3 is 11.9 Å². The molecular formula is C27H32N2O6S. The molecule has 1 N–H and O–H groups in total. The largest absolute Gasteiger partial charge is 0.462 e. The topological polar surface area (TPSA) is 102 Å². The summed E-state index contributed by atoms with van der Waals surface area (Å²) in [6.07, 6.45) is 2.99. The molecule has 2 aliphatic rings. The molecule has 2 heterocycles. The number of hydrogen-bond donors (Lipinski definition) is 1. The van der Waals surface area contributed by atoms with E-state index in [1.165, 1.54) is 11.3 Å². The van der Waals surface area contributed by atoms with Crippen molar-refractivity contribution >= 4 is 45.8 Å². The fraction of sp³-hybridized carbons (Fsp3) is 0.481.